The predicted octanol–water partition coefficient (Wildman–Crippen LogP) is 0.115. The van der Waals surface area contributed by atoms with Crippen molar-refractivity contribution in [3.8, 4) is 0 Å². The molecule has 6 heteroatoms. The van der Waals surface area contributed by atoms with Gasteiger partial charge in [-0.1, -0.05) is 13.3 Å². The molecule has 0 amide bonds. The van der Waals surface area contributed by atoms with Gasteiger partial charge in [-0.05, 0) is 13.3 Å². The van der Waals surface area contributed by atoms with Gasteiger partial charge in [-0.25, -0.2) is 8.42 Å². The Balaban J connectivity index is 2.46. The molecule has 0 saturated carbocycles. The number of rotatable bonds is 6. The first-order chi connectivity index (χ1) is 8.01. The zero-order valence-electron chi connectivity index (χ0n) is 10.8. The van der Waals surface area contributed by atoms with Gasteiger partial charge in [0.25, 0.3) is 0 Å². The van der Waals surface area contributed by atoms with Gasteiger partial charge in [0.1, 0.15) is 0 Å². The van der Waals surface area contributed by atoms with Crippen molar-refractivity contribution in [2.45, 2.75) is 32.7 Å². The monoisotopic (exact) mass is 264 g/mol. The van der Waals surface area contributed by atoms with Crippen LogP contribution in [0.3, 0.4) is 0 Å². The summed E-state index contributed by atoms with van der Waals surface area (Å²) in [6.45, 7) is 6.62. The Hall–Kier alpha value is -0.170. The number of nitrogens with zero attached hydrogens (tertiary/aromatic N) is 2. The van der Waals surface area contributed by atoms with E-state index >= 15 is 0 Å². The molecule has 0 aromatic carbocycles. The highest BCUT2D eigenvalue weighted by Crippen LogP contribution is 2.11. The van der Waals surface area contributed by atoms with Crippen molar-refractivity contribution < 1.29 is 13.5 Å². The Labute approximate surface area is 104 Å². The third kappa shape index (κ3) is 4.21. The summed E-state index contributed by atoms with van der Waals surface area (Å²) >= 11 is 0. The topological polar surface area (TPSA) is 60.9 Å². The second kappa shape index (κ2) is 6.68. The molecule has 0 aromatic rings. The van der Waals surface area contributed by atoms with E-state index in [2.05, 4.69) is 4.90 Å². The fraction of sp³-hybridized carbons (Fsp3) is 1.00. The molecule has 1 heterocycles. The van der Waals surface area contributed by atoms with Gasteiger partial charge in [0, 0.05) is 32.2 Å². The molecular formula is C11H24N2O3S. The van der Waals surface area contributed by atoms with Crippen molar-refractivity contribution in [2.24, 2.45) is 0 Å². The van der Waals surface area contributed by atoms with E-state index < -0.39 is 10.0 Å². The first kappa shape index (κ1) is 14.9. The van der Waals surface area contributed by atoms with Crippen LogP contribution in [0.1, 0.15) is 26.7 Å². The van der Waals surface area contributed by atoms with Crippen LogP contribution in [0.25, 0.3) is 0 Å². The SMILES string of the molecule is CCCCS(=O)(=O)N1CCN(C(C)CO)CC1. The summed E-state index contributed by atoms with van der Waals surface area (Å²) in [5, 5.41) is 9.06. The lowest BCUT2D eigenvalue weighted by Crippen LogP contribution is -2.52. The lowest BCUT2D eigenvalue weighted by atomic mass is 10.2. The highest BCUT2D eigenvalue weighted by Gasteiger charge is 2.27. The average Bonchev–Trinajstić information content (AvgIpc) is 2.35. The maximum absolute atomic E-state index is 11.9. The molecule has 0 radical (unpaired) electrons. The summed E-state index contributed by atoms with van der Waals surface area (Å²) in [5.74, 6) is 0.263. The molecule has 1 aliphatic rings. The Morgan fingerprint density at radius 2 is 1.82 bits per heavy atom. The summed E-state index contributed by atoms with van der Waals surface area (Å²) < 4.78 is 25.5. The fourth-order valence-corrected chi connectivity index (χ4v) is 3.63. The van der Waals surface area contributed by atoms with Crippen molar-refractivity contribution in [1.29, 1.82) is 0 Å². The normalized spacial score (nSPS) is 21.6. The van der Waals surface area contributed by atoms with E-state index in [4.69, 9.17) is 5.11 Å². The van der Waals surface area contributed by atoms with Gasteiger partial charge in [-0.2, -0.15) is 4.31 Å². The van der Waals surface area contributed by atoms with E-state index in [1.54, 1.807) is 4.31 Å². The second-order valence-electron chi connectivity index (χ2n) is 4.64. The molecule has 1 atom stereocenters. The van der Waals surface area contributed by atoms with Crippen LogP contribution in [-0.4, -0.2) is 67.3 Å². The zero-order valence-corrected chi connectivity index (χ0v) is 11.6. The van der Waals surface area contributed by atoms with Crippen molar-refractivity contribution in [3.05, 3.63) is 0 Å². The fourth-order valence-electron chi connectivity index (χ4n) is 1.99. The van der Waals surface area contributed by atoms with E-state index in [-0.39, 0.29) is 18.4 Å². The molecule has 0 aliphatic carbocycles. The van der Waals surface area contributed by atoms with Crippen LogP contribution in [0, 0.1) is 0 Å². The summed E-state index contributed by atoms with van der Waals surface area (Å²) in [6, 6.07) is 0.121. The first-order valence-electron chi connectivity index (χ1n) is 6.34. The Bertz CT molecular complexity index is 311. The lowest BCUT2D eigenvalue weighted by molar-refractivity contribution is 0.100. The smallest absolute Gasteiger partial charge is 0.214 e. The Kier molecular flexibility index (Phi) is 5.85. The van der Waals surface area contributed by atoms with Gasteiger partial charge in [-0.3, -0.25) is 4.90 Å². The van der Waals surface area contributed by atoms with Gasteiger partial charge < -0.3 is 5.11 Å². The molecule has 102 valence electrons. The molecular weight excluding hydrogens is 240 g/mol. The van der Waals surface area contributed by atoms with Crippen LogP contribution in [0.4, 0.5) is 0 Å². The Morgan fingerprint density at radius 3 is 2.29 bits per heavy atom. The lowest BCUT2D eigenvalue weighted by Gasteiger charge is -2.36. The Morgan fingerprint density at radius 1 is 1.24 bits per heavy atom. The van der Waals surface area contributed by atoms with Crippen LogP contribution in [-0.2, 0) is 10.0 Å². The maximum atomic E-state index is 11.9. The van der Waals surface area contributed by atoms with Crippen LogP contribution < -0.4 is 0 Å². The molecule has 1 unspecified atom stereocenters. The number of hydrogen-bond donors (Lipinski definition) is 1. The minimum Gasteiger partial charge on any atom is -0.395 e. The van der Waals surface area contributed by atoms with Gasteiger partial charge in [-0.15, -0.1) is 0 Å². The number of aliphatic hydroxyl groups is 1. The molecule has 0 spiro atoms. The maximum Gasteiger partial charge on any atom is 0.214 e. The largest absolute Gasteiger partial charge is 0.395 e. The van der Waals surface area contributed by atoms with Crippen LogP contribution in [0.2, 0.25) is 0 Å². The molecule has 1 saturated heterocycles. The standard InChI is InChI=1S/C11H24N2O3S/c1-3-4-9-17(15,16)13-7-5-12(6-8-13)11(2)10-14/h11,14H,3-10H2,1-2H3. The third-order valence-electron chi connectivity index (χ3n) is 3.31. The van der Waals surface area contributed by atoms with Crippen LogP contribution in [0.15, 0.2) is 0 Å². The van der Waals surface area contributed by atoms with Crippen LogP contribution >= 0.6 is 0 Å². The summed E-state index contributed by atoms with van der Waals surface area (Å²) in [6.07, 6.45) is 1.64. The molecule has 1 rings (SSSR count). The van der Waals surface area contributed by atoms with Crippen LogP contribution in [0.5, 0.6) is 0 Å². The quantitative estimate of drug-likeness (QED) is 0.740. The van der Waals surface area contributed by atoms with E-state index in [9.17, 15) is 8.42 Å². The molecule has 1 aliphatic heterocycles. The first-order valence-corrected chi connectivity index (χ1v) is 7.95. The minimum atomic E-state index is -3.06. The van der Waals surface area contributed by atoms with Gasteiger partial charge >= 0.3 is 0 Å². The van der Waals surface area contributed by atoms with E-state index in [1.165, 1.54) is 0 Å². The van der Waals surface area contributed by atoms with E-state index in [1.807, 2.05) is 13.8 Å². The minimum absolute atomic E-state index is 0.121. The van der Waals surface area contributed by atoms with Crippen molar-refractivity contribution >= 4 is 10.0 Å². The second-order valence-corrected chi connectivity index (χ2v) is 6.72. The zero-order chi connectivity index (χ0) is 12.9. The number of sulfonamides is 1. The molecule has 1 fully saturated rings. The predicted molar refractivity (Wildman–Crippen MR) is 68.4 cm³/mol. The molecule has 0 aromatic heterocycles. The number of hydrogen-bond acceptors (Lipinski definition) is 4. The van der Waals surface area contributed by atoms with Gasteiger partial charge in [0.15, 0.2) is 0 Å². The van der Waals surface area contributed by atoms with Crippen molar-refractivity contribution in [1.82, 2.24) is 9.21 Å². The number of aliphatic hydroxyl groups excluding tert-OH is 1. The highest BCUT2D eigenvalue weighted by molar-refractivity contribution is 7.89. The van der Waals surface area contributed by atoms with Crippen molar-refractivity contribution in [2.75, 3.05) is 38.5 Å². The number of unbranched alkanes of at least 4 members (excludes halogenated alkanes) is 1. The molecule has 0 bridgehead atoms. The summed E-state index contributed by atoms with van der Waals surface area (Å²) in [4.78, 5) is 2.13. The highest BCUT2D eigenvalue weighted by atomic mass is 32.2. The summed E-state index contributed by atoms with van der Waals surface area (Å²) in [5.41, 5.74) is 0. The summed E-state index contributed by atoms with van der Waals surface area (Å²) in [7, 11) is -3.06. The molecule has 5 nitrogen and oxygen atoms in total. The molecule has 17 heavy (non-hydrogen) atoms. The van der Waals surface area contributed by atoms with E-state index in [0.29, 0.717) is 26.2 Å². The van der Waals surface area contributed by atoms with E-state index in [0.717, 1.165) is 12.8 Å². The third-order valence-corrected chi connectivity index (χ3v) is 5.27. The van der Waals surface area contributed by atoms with Gasteiger partial charge in [0.05, 0.1) is 12.4 Å². The van der Waals surface area contributed by atoms with Gasteiger partial charge in [0.2, 0.25) is 10.0 Å². The molecule has 1 N–H and O–H groups in total. The van der Waals surface area contributed by atoms with Crippen molar-refractivity contribution in [3.63, 3.8) is 0 Å². The average molecular weight is 264 g/mol. The number of piperazine rings is 1.